The van der Waals surface area contributed by atoms with Crippen LogP contribution in [-0.2, 0) is 0 Å². The van der Waals surface area contributed by atoms with E-state index in [1.54, 1.807) is 0 Å². The molecule has 2 aromatic carbocycles. The van der Waals surface area contributed by atoms with Crippen molar-refractivity contribution < 1.29 is 5.11 Å². The van der Waals surface area contributed by atoms with Gasteiger partial charge in [-0.05, 0) is 47.9 Å². The second-order valence-corrected chi connectivity index (χ2v) is 6.50. The van der Waals surface area contributed by atoms with Gasteiger partial charge in [-0.1, -0.05) is 37.3 Å². The normalized spacial score (nSPS) is 14.3. The van der Waals surface area contributed by atoms with E-state index >= 15 is 0 Å². The van der Waals surface area contributed by atoms with E-state index in [0.29, 0.717) is 0 Å². The summed E-state index contributed by atoms with van der Waals surface area (Å²) in [6.07, 6.45) is 2.73. The molecule has 0 bridgehead atoms. The average Bonchev–Trinajstić information content (AvgIpc) is 2.51. The van der Waals surface area contributed by atoms with Gasteiger partial charge in [-0.15, -0.1) is 11.8 Å². The first-order valence-electron chi connectivity index (χ1n) is 7.18. The number of aliphatic hydroxyl groups excluding tert-OH is 1. The second-order valence-electron chi connectivity index (χ2n) is 5.34. The first kappa shape index (κ1) is 15.4. The second kappa shape index (κ2) is 7.11. The van der Waals surface area contributed by atoms with E-state index in [2.05, 4.69) is 42.5 Å². The van der Waals surface area contributed by atoms with Gasteiger partial charge in [0.2, 0.25) is 0 Å². The molecule has 3 N–H and O–H groups in total. The summed E-state index contributed by atoms with van der Waals surface area (Å²) in [7, 11) is 0. The Morgan fingerprint density at radius 3 is 2.60 bits per heavy atom. The molecule has 0 amide bonds. The highest BCUT2D eigenvalue weighted by molar-refractivity contribution is 7.99. The lowest BCUT2D eigenvalue weighted by molar-refractivity contribution is 0.182. The molecule has 0 aliphatic heterocycles. The number of nitrogens with two attached hydrogens (primary N) is 1. The van der Waals surface area contributed by atoms with Crippen molar-refractivity contribution in [3.8, 4) is 0 Å². The standard InChI is InChI=1S/C17H23NOS/c1-2-17(18,13-19)10-5-11-20-16-9-8-14-6-3-4-7-15(14)12-16/h3-4,6-9,12,19H,2,5,10-11,13,18H2,1H3. The summed E-state index contributed by atoms with van der Waals surface area (Å²) >= 11 is 1.86. The Bertz CT molecular complexity index is 551. The van der Waals surface area contributed by atoms with E-state index in [4.69, 9.17) is 5.73 Å². The van der Waals surface area contributed by atoms with Gasteiger partial charge in [-0.2, -0.15) is 0 Å². The molecule has 0 saturated heterocycles. The maximum absolute atomic E-state index is 9.29. The molecule has 2 rings (SSSR count). The van der Waals surface area contributed by atoms with Crippen molar-refractivity contribution in [1.82, 2.24) is 0 Å². The molecule has 0 aliphatic rings. The van der Waals surface area contributed by atoms with Gasteiger partial charge in [-0.25, -0.2) is 0 Å². The van der Waals surface area contributed by atoms with Crippen LogP contribution in [0.5, 0.6) is 0 Å². The van der Waals surface area contributed by atoms with Gasteiger partial charge in [0, 0.05) is 10.4 Å². The van der Waals surface area contributed by atoms with Crippen molar-refractivity contribution in [2.75, 3.05) is 12.4 Å². The Labute approximate surface area is 125 Å². The molecular weight excluding hydrogens is 266 g/mol. The first-order valence-corrected chi connectivity index (χ1v) is 8.17. The highest BCUT2D eigenvalue weighted by Gasteiger charge is 2.20. The van der Waals surface area contributed by atoms with Crippen molar-refractivity contribution in [2.24, 2.45) is 5.73 Å². The maximum Gasteiger partial charge on any atom is 0.0611 e. The highest BCUT2D eigenvalue weighted by atomic mass is 32.2. The summed E-state index contributed by atoms with van der Waals surface area (Å²) in [4.78, 5) is 1.30. The van der Waals surface area contributed by atoms with Crippen LogP contribution in [0.4, 0.5) is 0 Å². The van der Waals surface area contributed by atoms with E-state index in [9.17, 15) is 5.11 Å². The molecule has 20 heavy (non-hydrogen) atoms. The van der Waals surface area contributed by atoms with Crippen LogP contribution < -0.4 is 5.73 Å². The van der Waals surface area contributed by atoms with Gasteiger partial charge in [0.05, 0.1) is 6.61 Å². The predicted octanol–water partition coefficient (Wildman–Crippen LogP) is 3.81. The monoisotopic (exact) mass is 289 g/mol. The first-order chi connectivity index (χ1) is 9.67. The van der Waals surface area contributed by atoms with Gasteiger partial charge in [0.25, 0.3) is 0 Å². The third kappa shape index (κ3) is 3.98. The Hall–Kier alpha value is -1.03. The number of fused-ring (bicyclic) bond motifs is 1. The number of thioether (sulfide) groups is 1. The van der Waals surface area contributed by atoms with Crippen LogP contribution in [0.15, 0.2) is 47.4 Å². The van der Waals surface area contributed by atoms with E-state index in [0.717, 1.165) is 25.0 Å². The van der Waals surface area contributed by atoms with Crippen LogP contribution in [0.3, 0.4) is 0 Å². The van der Waals surface area contributed by atoms with Gasteiger partial charge >= 0.3 is 0 Å². The molecule has 108 valence electrons. The minimum Gasteiger partial charge on any atom is -0.394 e. The smallest absolute Gasteiger partial charge is 0.0611 e. The molecule has 0 saturated carbocycles. The van der Waals surface area contributed by atoms with E-state index in [1.165, 1.54) is 15.7 Å². The molecule has 1 unspecified atom stereocenters. The van der Waals surface area contributed by atoms with E-state index < -0.39 is 5.54 Å². The highest BCUT2D eigenvalue weighted by Crippen LogP contribution is 2.25. The van der Waals surface area contributed by atoms with E-state index in [-0.39, 0.29) is 6.61 Å². The number of hydrogen-bond acceptors (Lipinski definition) is 3. The van der Waals surface area contributed by atoms with Crippen LogP contribution in [0.1, 0.15) is 26.2 Å². The number of benzene rings is 2. The molecule has 0 heterocycles. The average molecular weight is 289 g/mol. The summed E-state index contributed by atoms with van der Waals surface area (Å²) in [5.41, 5.74) is 5.69. The van der Waals surface area contributed by atoms with Crippen LogP contribution in [0.25, 0.3) is 10.8 Å². The maximum atomic E-state index is 9.29. The zero-order chi connectivity index (χ0) is 14.4. The summed E-state index contributed by atoms with van der Waals surface area (Å²) in [6, 6.07) is 15.0. The lowest BCUT2D eigenvalue weighted by atomic mass is 9.93. The third-order valence-electron chi connectivity index (χ3n) is 3.83. The topological polar surface area (TPSA) is 46.2 Å². The molecule has 2 aromatic rings. The zero-order valence-corrected chi connectivity index (χ0v) is 12.8. The minimum absolute atomic E-state index is 0.0736. The van der Waals surface area contributed by atoms with Crippen molar-refractivity contribution in [3.05, 3.63) is 42.5 Å². The van der Waals surface area contributed by atoms with Crippen molar-refractivity contribution in [2.45, 2.75) is 36.6 Å². The quantitative estimate of drug-likeness (QED) is 0.602. The van der Waals surface area contributed by atoms with Crippen LogP contribution >= 0.6 is 11.8 Å². The van der Waals surface area contributed by atoms with Crippen LogP contribution in [0, 0.1) is 0 Å². The summed E-state index contributed by atoms with van der Waals surface area (Å²) < 4.78 is 0. The Kier molecular flexibility index (Phi) is 5.46. The predicted molar refractivity (Wildman–Crippen MR) is 88.2 cm³/mol. The number of rotatable bonds is 7. The molecule has 0 spiro atoms. The SMILES string of the molecule is CCC(N)(CO)CCCSc1ccc2ccccc2c1. The fourth-order valence-corrected chi connectivity index (χ4v) is 3.14. The summed E-state index contributed by atoms with van der Waals surface area (Å²) in [5.74, 6) is 1.04. The van der Waals surface area contributed by atoms with E-state index in [1.807, 2.05) is 18.7 Å². The van der Waals surface area contributed by atoms with Crippen LogP contribution in [0.2, 0.25) is 0 Å². The largest absolute Gasteiger partial charge is 0.394 e. The van der Waals surface area contributed by atoms with Crippen molar-refractivity contribution in [3.63, 3.8) is 0 Å². The fraction of sp³-hybridized carbons (Fsp3) is 0.412. The summed E-state index contributed by atoms with van der Waals surface area (Å²) in [6.45, 7) is 2.11. The molecule has 0 radical (unpaired) electrons. The molecule has 0 aliphatic carbocycles. The van der Waals surface area contributed by atoms with Crippen molar-refractivity contribution in [1.29, 1.82) is 0 Å². The van der Waals surface area contributed by atoms with Gasteiger partial charge < -0.3 is 10.8 Å². The number of hydrogen-bond donors (Lipinski definition) is 2. The molecule has 0 fully saturated rings. The Morgan fingerprint density at radius 1 is 1.15 bits per heavy atom. The fourth-order valence-electron chi connectivity index (χ4n) is 2.24. The Balaban J connectivity index is 1.87. The molecule has 1 atom stereocenters. The molecule has 3 heteroatoms. The number of aliphatic hydroxyl groups is 1. The van der Waals surface area contributed by atoms with Gasteiger partial charge in [0.1, 0.15) is 0 Å². The third-order valence-corrected chi connectivity index (χ3v) is 4.91. The lowest BCUT2D eigenvalue weighted by Crippen LogP contribution is -2.42. The molecular formula is C17H23NOS. The minimum atomic E-state index is -0.399. The molecule has 2 nitrogen and oxygen atoms in total. The summed E-state index contributed by atoms with van der Waals surface area (Å²) in [5, 5.41) is 11.9. The van der Waals surface area contributed by atoms with Gasteiger partial charge in [0.15, 0.2) is 0 Å². The zero-order valence-electron chi connectivity index (χ0n) is 12.0. The van der Waals surface area contributed by atoms with Crippen molar-refractivity contribution >= 4 is 22.5 Å². The Morgan fingerprint density at radius 2 is 1.90 bits per heavy atom. The van der Waals surface area contributed by atoms with Crippen LogP contribution in [-0.4, -0.2) is 23.0 Å². The van der Waals surface area contributed by atoms with Gasteiger partial charge in [-0.3, -0.25) is 0 Å². The lowest BCUT2D eigenvalue weighted by Gasteiger charge is -2.25. The molecule has 0 aromatic heterocycles.